The first-order chi connectivity index (χ1) is 9.20. The van der Waals surface area contributed by atoms with E-state index in [1.165, 1.54) is 0 Å². The quantitative estimate of drug-likeness (QED) is 0.574. The number of thiophene rings is 1. The summed E-state index contributed by atoms with van der Waals surface area (Å²) in [4.78, 5) is 4.42. The Morgan fingerprint density at radius 1 is 1.47 bits per heavy atom. The van der Waals surface area contributed by atoms with Crippen LogP contribution in [-0.2, 0) is 7.05 Å². The molecule has 0 saturated heterocycles. The number of hydrazine groups is 1. The average Bonchev–Trinajstić information content (AvgIpc) is 3.00. The summed E-state index contributed by atoms with van der Waals surface area (Å²) < 4.78 is 2.84. The SMILES string of the molecule is Cn1ncc(Cl)c1C(NN)c1cnc2ccsc2c1. The maximum atomic E-state index is 6.17. The Balaban J connectivity index is 2.11. The van der Waals surface area contributed by atoms with Crippen molar-refractivity contribution in [2.24, 2.45) is 12.9 Å². The van der Waals surface area contributed by atoms with Gasteiger partial charge in [-0.25, -0.2) is 5.43 Å². The fourth-order valence-corrected chi connectivity index (χ4v) is 3.16. The highest BCUT2D eigenvalue weighted by Crippen LogP contribution is 2.29. The summed E-state index contributed by atoms with van der Waals surface area (Å²) >= 11 is 7.82. The molecule has 0 aliphatic rings. The number of hydrogen-bond donors (Lipinski definition) is 2. The number of rotatable bonds is 3. The number of aryl methyl sites for hydroxylation is 1. The molecule has 98 valence electrons. The zero-order valence-corrected chi connectivity index (χ0v) is 11.7. The first-order valence-corrected chi connectivity index (χ1v) is 6.93. The van der Waals surface area contributed by atoms with E-state index in [1.807, 2.05) is 24.7 Å². The van der Waals surface area contributed by atoms with Gasteiger partial charge < -0.3 is 0 Å². The van der Waals surface area contributed by atoms with E-state index in [1.54, 1.807) is 22.2 Å². The van der Waals surface area contributed by atoms with E-state index < -0.39 is 0 Å². The van der Waals surface area contributed by atoms with E-state index in [4.69, 9.17) is 17.4 Å². The number of nitrogens with two attached hydrogens (primary N) is 1. The van der Waals surface area contributed by atoms with E-state index >= 15 is 0 Å². The highest BCUT2D eigenvalue weighted by atomic mass is 35.5. The molecule has 0 saturated carbocycles. The number of hydrogen-bond acceptors (Lipinski definition) is 5. The first-order valence-electron chi connectivity index (χ1n) is 5.67. The van der Waals surface area contributed by atoms with Crippen molar-refractivity contribution in [1.82, 2.24) is 20.2 Å². The smallest absolute Gasteiger partial charge is 0.0908 e. The lowest BCUT2D eigenvalue weighted by Crippen LogP contribution is -2.30. The number of nitrogens with one attached hydrogen (secondary N) is 1. The lowest BCUT2D eigenvalue weighted by atomic mass is 10.1. The number of nitrogens with zero attached hydrogens (tertiary/aromatic N) is 3. The van der Waals surface area contributed by atoms with Gasteiger partial charge in [0.25, 0.3) is 0 Å². The van der Waals surface area contributed by atoms with Gasteiger partial charge in [-0.05, 0) is 23.1 Å². The molecule has 3 aromatic heterocycles. The van der Waals surface area contributed by atoms with E-state index in [0.29, 0.717) is 5.02 Å². The first kappa shape index (κ1) is 12.6. The fraction of sp³-hybridized carbons (Fsp3) is 0.167. The molecule has 3 N–H and O–H groups in total. The van der Waals surface area contributed by atoms with E-state index in [9.17, 15) is 0 Å². The second-order valence-electron chi connectivity index (χ2n) is 4.17. The van der Waals surface area contributed by atoms with Crippen LogP contribution in [0.15, 0.2) is 29.9 Å². The summed E-state index contributed by atoms with van der Waals surface area (Å²) in [7, 11) is 1.84. The summed E-state index contributed by atoms with van der Waals surface area (Å²) in [6, 6.07) is 3.83. The van der Waals surface area contributed by atoms with E-state index in [2.05, 4.69) is 21.6 Å². The Bertz CT molecular complexity index is 700. The van der Waals surface area contributed by atoms with Gasteiger partial charge in [-0.15, -0.1) is 11.3 Å². The van der Waals surface area contributed by atoms with E-state index in [-0.39, 0.29) is 6.04 Å². The monoisotopic (exact) mass is 293 g/mol. The van der Waals surface area contributed by atoms with E-state index in [0.717, 1.165) is 21.5 Å². The van der Waals surface area contributed by atoms with Gasteiger partial charge in [0.05, 0.1) is 33.2 Å². The molecule has 0 radical (unpaired) electrons. The third-order valence-electron chi connectivity index (χ3n) is 3.03. The Morgan fingerprint density at radius 2 is 2.32 bits per heavy atom. The topological polar surface area (TPSA) is 68.8 Å². The predicted molar refractivity (Wildman–Crippen MR) is 77.0 cm³/mol. The molecule has 0 fully saturated rings. The summed E-state index contributed by atoms with van der Waals surface area (Å²) in [5.74, 6) is 5.68. The lowest BCUT2D eigenvalue weighted by molar-refractivity contribution is 0.574. The molecule has 7 heteroatoms. The largest absolute Gasteiger partial charge is 0.271 e. The van der Waals surface area contributed by atoms with Crippen molar-refractivity contribution in [3.63, 3.8) is 0 Å². The van der Waals surface area contributed by atoms with Gasteiger partial charge >= 0.3 is 0 Å². The standard InChI is InChI=1S/C12H12ClN5S/c1-18-12(8(13)6-16-18)11(17-14)7-4-10-9(15-5-7)2-3-19-10/h2-6,11,17H,14H2,1H3. The van der Waals surface area contributed by atoms with Crippen molar-refractivity contribution in [1.29, 1.82) is 0 Å². The van der Waals surface area contributed by atoms with Crippen LogP contribution < -0.4 is 11.3 Å². The molecule has 0 bridgehead atoms. The minimum Gasteiger partial charge on any atom is -0.271 e. The van der Waals surface area contributed by atoms with Gasteiger partial charge in [-0.3, -0.25) is 15.5 Å². The molecule has 3 rings (SSSR count). The summed E-state index contributed by atoms with van der Waals surface area (Å²) in [5.41, 5.74) is 5.55. The zero-order chi connectivity index (χ0) is 13.4. The van der Waals surface area contributed by atoms with Crippen LogP contribution >= 0.6 is 22.9 Å². The van der Waals surface area contributed by atoms with Crippen LogP contribution in [0.3, 0.4) is 0 Å². The van der Waals surface area contributed by atoms with Crippen molar-refractivity contribution in [3.05, 3.63) is 46.2 Å². The predicted octanol–water partition coefficient (Wildman–Crippen LogP) is 2.24. The minimum absolute atomic E-state index is 0.237. The molecule has 0 amide bonds. The number of aromatic nitrogens is 3. The van der Waals surface area contributed by atoms with Gasteiger partial charge in [0.2, 0.25) is 0 Å². The molecule has 3 aromatic rings. The van der Waals surface area contributed by atoms with Gasteiger partial charge in [0.15, 0.2) is 0 Å². The second kappa shape index (κ2) is 4.90. The van der Waals surface area contributed by atoms with Crippen LogP contribution in [0.1, 0.15) is 17.3 Å². The number of pyridine rings is 1. The summed E-state index contributed by atoms with van der Waals surface area (Å²) in [6.07, 6.45) is 3.42. The Kier molecular flexibility index (Phi) is 3.24. The molecular weight excluding hydrogens is 282 g/mol. The molecule has 0 aliphatic heterocycles. The van der Waals surface area contributed by atoms with Gasteiger partial charge in [-0.2, -0.15) is 5.10 Å². The molecule has 0 aromatic carbocycles. The van der Waals surface area contributed by atoms with Crippen LogP contribution in [0.5, 0.6) is 0 Å². The Labute approximate surface area is 119 Å². The van der Waals surface area contributed by atoms with Crippen LogP contribution in [-0.4, -0.2) is 14.8 Å². The maximum absolute atomic E-state index is 6.17. The highest BCUT2D eigenvalue weighted by Gasteiger charge is 2.20. The van der Waals surface area contributed by atoms with Gasteiger partial charge in [-0.1, -0.05) is 11.6 Å². The molecule has 0 spiro atoms. The zero-order valence-electron chi connectivity index (χ0n) is 10.2. The van der Waals surface area contributed by atoms with Crippen LogP contribution in [0.4, 0.5) is 0 Å². The van der Waals surface area contributed by atoms with Gasteiger partial charge in [0.1, 0.15) is 0 Å². The van der Waals surface area contributed by atoms with Crippen LogP contribution in [0.25, 0.3) is 10.2 Å². The van der Waals surface area contributed by atoms with Crippen LogP contribution in [0.2, 0.25) is 5.02 Å². The minimum atomic E-state index is -0.237. The third-order valence-corrected chi connectivity index (χ3v) is 4.18. The number of fused-ring (bicyclic) bond motifs is 1. The molecule has 0 aliphatic carbocycles. The van der Waals surface area contributed by atoms with Crippen molar-refractivity contribution < 1.29 is 0 Å². The molecule has 3 heterocycles. The summed E-state index contributed by atoms with van der Waals surface area (Å²) in [6.45, 7) is 0. The average molecular weight is 294 g/mol. The second-order valence-corrected chi connectivity index (χ2v) is 5.53. The van der Waals surface area contributed by atoms with Crippen molar-refractivity contribution in [3.8, 4) is 0 Å². The third kappa shape index (κ3) is 2.12. The normalized spacial score (nSPS) is 13.0. The lowest BCUT2D eigenvalue weighted by Gasteiger charge is -2.17. The highest BCUT2D eigenvalue weighted by molar-refractivity contribution is 7.17. The van der Waals surface area contributed by atoms with Crippen molar-refractivity contribution >= 4 is 33.2 Å². The molecule has 1 unspecified atom stereocenters. The molecule has 5 nitrogen and oxygen atoms in total. The van der Waals surface area contributed by atoms with Gasteiger partial charge in [0, 0.05) is 13.2 Å². The summed E-state index contributed by atoms with van der Waals surface area (Å²) in [5, 5.41) is 6.73. The fourth-order valence-electron chi connectivity index (χ4n) is 2.10. The Morgan fingerprint density at radius 3 is 3.00 bits per heavy atom. The number of halogens is 1. The molecule has 1 atom stereocenters. The van der Waals surface area contributed by atoms with Crippen LogP contribution in [0, 0.1) is 0 Å². The molecular formula is C12H12ClN5S. The molecule has 19 heavy (non-hydrogen) atoms. The van der Waals surface area contributed by atoms with Crippen molar-refractivity contribution in [2.45, 2.75) is 6.04 Å². The Hall–Kier alpha value is -1.47. The maximum Gasteiger partial charge on any atom is 0.0908 e. The van der Waals surface area contributed by atoms with Crippen molar-refractivity contribution in [2.75, 3.05) is 0 Å².